The molecule has 1 saturated heterocycles. The number of benzene rings is 1. The SMILES string of the molecule is Cc1cn2cc(-c3cc(F)c4nc(C5(F)CCN(C(=O)O)CC5)[nH]c(=O)c4c3)ccc2n1. The van der Waals surface area contributed by atoms with Gasteiger partial charge in [-0.2, -0.15) is 0 Å². The van der Waals surface area contributed by atoms with Gasteiger partial charge in [0.25, 0.3) is 5.56 Å². The Balaban J connectivity index is 1.56. The Morgan fingerprint density at radius 1 is 1.16 bits per heavy atom. The van der Waals surface area contributed by atoms with E-state index < -0.39 is 23.1 Å². The molecule has 0 bridgehead atoms. The van der Waals surface area contributed by atoms with Crippen LogP contribution < -0.4 is 5.56 Å². The normalized spacial score (nSPS) is 16.0. The van der Waals surface area contributed by atoms with E-state index in [0.717, 1.165) is 16.2 Å². The van der Waals surface area contributed by atoms with Crippen LogP contribution >= 0.6 is 0 Å². The lowest BCUT2D eigenvalue weighted by Gasteiger charge is -2.34. The second kappa shape index (κ2) is 7.11. The minimum absolute atomic E-state index is 0.0113. The van der Waals surface area contributed by atoms with Crippen molar-refractivity contribution in [2.75, 3.05) is 13.1 Å². The van der Waals surface area contributed by atoms with Gasteiger partial charge in [-0.25, -0.2) is 23.5 Å². The molecule has 4 aromatic rings. The summed E-state index contributed by atoms with van der Waals surface area (Å²) in [5, 5.41) is 9.07. The summed E-state index contributed by atoms with van der Waals surface area (Å²) < 4.78 is 32.3. The van der Waals surface area contributed by atoms with E-state index in [-0.39, 0.29) is 42.7 Å². The van der Waals surface area contributed by atoms with E-state index in [1.165, 1.54) is 12.1 Å². The average molecular weight is 439 g/mol. The Labute approximate surface area is 180 Å². The predicted octanol–water partition coefficient (Wildman–Crippen LogP) is 3.62. The molecule has 0 spiro atoms. The average Bonchev–Trinajstić information content (AvgIpc) is 3.13. The van der Waals surface area contributed by atoms with Gasteiger partial charge in [-0.15, -0.1) is 0 Å². The first kappa shape index (κ1) is 20.1. The third-order valence-corrected chi connectivity index (χ3v) is 5.92. The molecule has 3 aromatic heterocycles. The van der Waals surface area contributed by atoms with Gasteiger partial charge in [-0.05, 0) is 42.3 Å². The fraction of sp³-hybridized carbons (Fsp3) is 0.273. The molecular weight excluding hydrogens is 420 g/mol. The summed E-state index contributed by atoms with van der Waals surface area (Å²) in [6.45, 7) is 1.80. The fourth-order valence-corrected chi connectivity index (χ4v) is 4.16. The van der Waals surface area contributed by atoms with E-state index in [1.54, 1.807) is 18.3 Å². The van der Waals surface area contributed by atoms with Gasteiger partial charge >= 0.3 is 6.09 Å². The molecule has 0 radical (unpaired) electrons. The summed E-state index contributed by atoms with van der Waals surface area (Å²) in [4.78, 5) is 35.8. The highest BCUT2D eigenvalue weighted by Crippen LogP contribution is 2.35. The number of nitrogens with one attached hydrogen (secondary N) is 1. The Hall–Kier alpha value is -3.82. The number of hydrogen-bond donors (Lipinski definition) is 2. The number of carbonyl (C=O) groups is 1. The minimum atomic E-state index is -2.03. The Morgan fingerprint density at radius 3 is 2.62 bits per heavy atom. The second-order valence-corrected chi connectivity index (χ2v) is 8.07. The van der Waals surface area contributed by atoms with Crippen LogP contribution in [0, 0.1) is 12.7 Å². The molecule has 0 saturated carbocycles. The molecule has 4 heterocycles. The van der Waals surface area contributed by atoms with Crippen LogP contribution in [-0.4, -0.2) is 48.5 Å². The van der Waals surface area contributed by atoms with Crippen LogP contribution in [0.1, 0.15) is 24.4 Å². The number of rotatable bonds is 2. The van der Waals surface area contributed by atoms with Crippen LogP contribution in [0.25, 0.3) is 27.7 Å². The van der Waals surface area contributed by atoms with Crippen molar-refractivity contribution in [2.45, 2.75) is 25.4 Å². The maximum atomic E-state index is 15.5. The largest absolute Gasteiger partial charge is 0.465 e. The topological polar surface area (TPSA) is 104 Å². The summed E-state index contributed by atoms with van der Waals surface area (Å²) in [5.74, 6) is -1.01. The molecule has 1 aromatic carbocycles. The van der Waals surface area contributed by atoms with Crippen LogP contribution in [0.2, 0.25) is 0 Å². The Bertz CT molecular complexity index is 1440. The van der Waals surface area contributed by atoms with Gasteiger partial charge in [0.05, 0.1) is 11.1 Å². The maximum absolute atomic E-state index is 15.5. The number of piperidine rings is 1. The van der Waals surface area contributed by atoms with Crippen molar-refractivity contribution in [3.05, 3.63) is 64.3 Å². The number of aryl methyl sites for hydroxylation is 1. The number of pyridine rings is 1. The molecule has 1 amide bonds. The minimum Gasteiger partial charge on any atom is -0.465 e. The van der Waals surface area contributed by atoms with Gasteiger partial charge in [-0.3, -0.25) is 4.79 Å². The zero-order valence-electron chi connectivity index (χ0n) is 17.1. The first-order chi connectivity index (χ1) is 15.2. The van der Waals surface area contributed by atoms with Crippen LogP contribution in [0.15, 0.2) is 41.5 Å². The Kier molecular flexibility index (Phi) is 4.47. The zero-order chi connectivity index (χ0) is 22.6. The monoisotopic (exact) mass is 439 g/mol. The lowest BCUT2D eigenvalue weighted by molar-refractivity contribution is 0.0487. The van der Waals surface area contributed by atoms with E-state index in [2.05, 4.69) is 15.0 Å². The number of halogens is 2. The molecule has 32 heavy (non-hydrogen) atoms. The van der Waals surface area contributed by atoms with Crippen LogP contribution in [0.4, 0.5) is 13.6 Å². The molecule has 1 aliphatic rings. The zero-order valence-corrected chi connectivity index (χ0v) is 17.1. The first-order valence-electron chi connectivity index (χ1n) is 10.1. The quantitative estimate of drug-likeness (QED) is 0.497. The third kappa shape index (κ3) is 3.28. The highest BCUT2D eigenvalue weighted by molar-refractivity contribution is 5.84. The highest BCUT2D eigenvalue weighted by atomic mass is 19.1. The maximum Gasteiger partial charge on any atom is 0.407 e. The Morgan fingerprint density at radius 2 is 1.91 bits per heavy atom. The standard InChI is InChI=1S/C22H19F2N5O3/c1-12-10-29-11-13(2-3-17(29)25-12)14-8-15-18(16(23)9-14)26-20(27-19(15)30)22(24)4-6-28(7-5-22)21(31)32/h2-3,8-11H,4-7H2,1H3,(H,31,32)(H,26,27,30). The van der Waals surface area contributed by atoms with Gasteiger partial charge in [0.15, 0.2) is 5.67 Å². The van der Waals surface area contributed by atoms with Crippen molar-refractivity contribution in [1.29, 1.82) is 0 Å². The van der Waals surface area contributed by atoms with Gasteiger partial charge < -0.3 is 19.4 Å². The van der Waals surface area contributed by atoms with Gasteiger partial charge in [0.1, 0.15) is 22.8 Å². The predicted molar refractivity (Wildman–Crippen MR) is 113 cm³/mol. The molecule has 0 aliphatic carbocycles. The third-order valence-electron chi connectivity index (χ3n) is 5.92. The smallest absolute Gasteiger partial charge is 0.407 e. The number of imidazole rings is 1. The van der Waals surface area contributed by atoms with Crippen LogP contribution in [-0.2, 0) is 5.67 Å². The molecule has 164 valence electrons. The van der Waals surface area contributed by atoms with Crippen LogP contribution in [0.5, 0.6) is 0 Å². The number of fused-ring (bicyclic) bond motifs is 2. The molecular formula is C22H19F2N5O3. The van der Waals surface area contributed by atoms with Crippen LogP contribution in [0.3, 0.4) is 0 Å². The fourth-order valence-electron chi connectivity index (χ4n) is 4.16. The highest BCUT2D eigenvalue weighted by Gasteiger charge is 2.40. The van der Waals surface area contributed by atoms with Gasteiger partial charge in [0.2, 0.25) is 0 Å². The van der Waals surface area contributed by atoms with Gasteiger partial charge in [-0.1, -0.05) is 0 Å². The summed E-state index contributed by atoms with van der Waals surface area (Å²) >= 11 is 0. The first-order valence-corrected chi connectivity index (χ1v) is 10.1. The second-order valence-electron chi connectivity index (χ2n) is 8.07. The molecule has 0 atom stereocenters. The van der Waals surface area contributed by atoms with E-state index in [4.69, 9.17) is 5.11 Å². The van der Waals surface area contributed by atoms with E-state index in [0.29, 0.717) is 11.1 Å². The number of H-pyrrole nitrogens is 1. The summed E-state index contributed by atoms with van der Waals surface area (Å²) in [7, 11) is 0. The number of amides is 1. The molecule has 5 rings (SSSR count). The van der Waals surface area contributed by atoms with Crippen molar-refractivity contribution in [2.24, 2.45) is 0 Å². The van der Waals surface area contributed by atoms with Crippen molar-refractivity contribution in [3.8, 4) is 11.1 Å². The van der Waals surface area contributed by atoms with E-state index >= 15 is 8.78 Å². The molecule has 0 unspecified atom stereocenters. The summed E-state index contributed by atoms with van der Waals surface area (Å²) in [5.41, 5.74) is -0.148. The number of nitrogens with zero attached hydrogens (tertiary/aromatic N) is 4. The van der Waals surface area contributed by atoms with Crippen molar-refractivity contribution < 1.29 is 18.7 Å². The number of aromatic nitrogens is 4. The summed E-state index contributed by atoms with van der Waals surface area (Å²) in [6, 6.07) is 6.37. The van der Waals surface area contributed by atoms with Crippen molar-refractivity contribution >= 4 is 22.6 Å². The number of carboxylic acid groups (broad SMARTS) is 1. The molecule has 2 N–H and O–H groups in total. The molecule has 1 aliphatic heterocycles. The van der Waals surface area contributed by atoms with Gasteiger partial charge in [0, 0.05) is 38.3 Å². The molecule has 1 fully saturated rings. The number of aromatic amines is 1. The lowest BCUT2D eigenvalue weighted by atomic mass is 9.92. The van der Waals surface area contributed by atoms with Crippen molar-refractivity contribution in [1.82, 2.24) is 24.3 Å². The molecule has 8 nitrogen and oxygen atoms in total. The summed E-state index contributed by atoms with van der Waals surface area (Å²) in [6.07, 6.45) is 2.16. The number of hydrogen-bond acceptors (Lipinski definition) is 4. The van der Waals surface area contributed by atoms with Crippen molar-refractivity contribution in [3.63, 3.8) is 0 Å². The van der Waals surface area contributed by atoms with E-state index in [1.807, 2.05) is 17.5 Å². The lowest BCUT2D eigenvalue weighted by Crippen LogP contribution is -2.43. The number of alkyl halides is 1. The van der Waals surface area contributed by atoms with E-state index in [9.17, 15) is 9.59 Å². The molecule has 10 heteroatoms. The number of likely N-dealkylation sites (tertiary alicyclic amines) is 1.